The number of carbonyl (C=O) groups excluding carboxylic acids is 1. The third-order valence-corrected chi connectivity index (χ3v) is 2.78. The lowest BCUT2D eigenvalue weighted by Crippen LogP contribution is -2.44. The van der Waals surface area contributed by atoms with Crippen molar-refractivity contribution in [1.29, 1.82) is 0 Å². The first-order valence-electron chi connectivity index (χ1n) is 5.50. The molecule has 0 aromatic carbocycles. The van der Waals surface area contributed by atoms with E-state index >= 15 is 0 Å². The summed E-state index contributed by atoms with van der Waals surface area (Å²) in [5, 5.41) is 11.0. The van der Waals surface area contributed by atoms with E-state index in [2.05, 4.69) is 11.9 Å². The lowest BCUT2D eigenvalue weighted by molar-refractivity contribution is -0.136. The number of carboxylic acids is 1. The summed E-state index contributed by atoms with van der Waals surface area (Å²) < 4.78 is 0. The molecule has 1 saturated heterocycles. The zero-order valence-corrected chi connectivity index (χ0v) is 9.32. The van der Waals surface area contributed by atoms with Crippen molar-refractivity contribution in [2.24, 2.45) is 5.92 Å². The Balaban J connectivity index is 2.22. The van der Waals surface area contributed by atoms with Gasteiger partial charge in [0.05, 0.1) is 6.42 Å². The molecule has 0 aromatic rings. The van der Waals surface area contributed by atoms with Crippen molar-refractivity contribution in [2.45, 2.75) is 19.3 Å². The first-order chi connectivity index (χ1) is 7.63. The number of piperidine rings is 1. The molecule has 5 heteroatoms. The fraction of sp³-hybridized carbons (Fsp3) is 0.636. The Morgan fingerprint density at radius 2 is 2.06 bits per heavy atom. The fourth-order valence-corrected chi connectivity index (χ4v) is 1.73. The average Bonchev–Trinajstić information content (AvgIpc) is 2.28. The van der Waals surface area contributed by atoms with Crippen LogP contribution in [0.5, 0.6) is 0 Å². The maximum atomic E-state index is 11.6. The Bertz CT molecular complexity index is 270. The van der Waals surface area contributed by atoms with Gasteiger partial charge < -0.3 is 15.3 Å². The van der Waals surface area contributed by atoms with Gasteiger partial charge >= 0.3 is 12.0 Å². The molecule has 1 fully saturated rings. The molecule has 2 N–H and O–H groups in total. The number of hydrogen-bond donors (Lipinski definition) is 2. The Hall–Kier alpha value is -1.52. The molecule has 90 valence electrons. The Morgan fingerprint density at radius 3 is 2.56 bits per heavy atom. The molecular weight excluding hydrogens is 208 g/mol. The summed E-state index contributed by atoms with van der Waals surface area (Å²) in [6.45, 7) is 5.36. The van der Waals surface area contributed by atoms with E-state index in [1.54, 1.807) is 4.90 Å². The molecule has 2 amide bonds. The number of carbonyl (C=O) groups is 2. The molecule has 1 heterocycles. The second-order valence-corrected chi connectivity index (χ2v) is 3.94. The fourth-order valence-electron chi connectivity index (χ4n) is 1.73. The molecule has 0 unspecified atom stereocenters. The molecule has 16 heavy (non-hydrogen) atoms. The van der Waals surface area contributed by atoms with Gasteiger partial charge in [0.2, 0.25) is 0 Å². The number of urea groups is 1. The van der Waals surface area contributed by atoms with Gasteiger partial charge in [-0.15, -0.1) is 6.58 Å². The molecule has 0 atom stereocenters. The van der Waals surface area contributed by atoms with Crippen LogP contribution in [0.1, 0.15) is 19.3 Å². The summed E-state index contributed by atoms with van der Waals surface area (Å²) >= 11 is 0. The zero-order chi connectivity index (χ0) is 12.0. The lowest BCUT2D eigenvalue weighted by atomic mass is 9.97. The predicted molar refractivity (Wildman–Crippen MR) is 60.1 cm³/mol. The first kappa shape index (κ1) is 12.5. The highest BCUT2D eigenvalue weighted by Gasteiger charge is 2.20. The van der Waals surface area contributed by atoms with Crippen molar-refractivity contribution >= 4 is 12.0 Å². The molecule has 5 nitrogen and oxygen atoms in total. The van der Waals surface area contributed by atoms with E-state index in [0.717, 1.165) is 25.9 Å². The number of rotatable bonds is 4. The third-order valence-electron chi connectivity index (χ3n) is 2.78. The number of aliphatic carboxylic acids is 1. The van der Waals surface area contributed by atoms with E-state index in [1.807, 2.05) is 6.08 Å². The molecule has 1 aliphatic heterocycles. The van der Waals surface area contributed by atoms with Crippen molar-refractivity contribution < 1.29 is 14.7 Å². The molecule has 0 spiro atoms. The Kier molecular flexibility index (Phi) is 4.82. The monoisotopic (exact) mass is 226 g/mol. The van der Waals surface area contributed by atoms with Crippen molar-refractivity contribution in [3.63, 3.8) is 0 Å². The van der Waals surface area contributed by atoms with Gasteiger partial charge in [0.25, 0.3) is 0 Å². The first-order valence-corrected chi connectivity index (χ1v) is 5.50. The minimum Gasteiger partial charge on any atom is -0.481 e. The van der Waals surface area contributed by atoms with Gasteiger partial charge in [0.1, 0.15) is 0 Å². The molecular formula is C11H18N2O3. The van der Waals surface area contributed by atoms with Crippen LogP contribution in [-0.4, -0.2) is 41.6 Å². The predicted octanol–water partition coefficient (Wildman–Crippen LogP) is 1.07. The summed E-state index contributed by atoms with van der Waals surface area (Å²) in [6.07, 6.45) is 3.78. The average molecular weight is 226 g/mol. The second-order valence-electron chi connectivity index (χ2n) is 3.94. The van der Waals surface area contributed by atoms with Crippen molar-refractivity contribution in [2.75, 3.05) is 19.6 Å². The largest absolute Gasteiger partial charge is 0.481 e. The highest BCUT2D eigenvalue weighted by Crippen LogP contribution is 2.17. The van der Waals surface area contributed by atoms with Crippen LogP contribution in [0.3, 0.4) is 0 Å². The summed E-state index contributed by atoms with van der Waals surface area (Å²) in [7, 11) is 0. The number of allylic oxidation sites excluding steroid dienone is 1. The number of carboxylic acid groups (broad SMARTS) is 1. The van der Waals surface area contributed by atoms with E-state index in [9.17, 15) is 9.59 Å². The number of amides is 2. The minimum absolute atomic E-state index is 0.0329. The van der Waals surface area contributed by atoms with Crippen molar-refractivity contribution in [3.8, 4) is 0 Å². The highest BCUT2D eigenvalue weighted by molar-refractivity contribution is 5.75. The van der Waals surface area contributed by atoms with Crippen LogP contribution in [0.2, 0.25) is 0 Å². The van der Waals surface area contributed by atoms with Crippen LogP contribution >= 0.6 is 0 Å². The standard InChI is InChI=1S/C11H18N2O3/c1-2-9-4-7-13(8-5-9)11(16)12-6-3-10(14)15/h2,9H,1,3-8H2,(H,12,16)(H,14,15). The number of likely N-dealkylation sites (tertiary alicyclic amines) is 1. The highest BCUT2D eigenvalue weighted by atomic mass is 16.4. The number of hydrogen-bond acceptors (Lipinski definition) is 2. The van der Waals surface area contributed by atoms with Gasteiger partial charge in [0, 0.05) is 19.6 Å². The molecule has 0 saturated carbocycles. The maximum absolute atomic E-state index is 11.6. The van der Waals surface area contributed by atoms with E-state index in [-0.39, 0.29) is 19.0 Å². The third kappa shape index (κ3) is 3.92. The summed E-state index contributed by atoms with van der Waals surface area (Å²) in [5.74, 6) is -0.395. The lowest BCUT2D eigenvalue weighted by Gasteiger charge is -2.30. The number of nitrogens with one attached hydrogen (secondary N) is 1. The second kappa shape index (κ2) is 6.15. The van der Waals surface area contributed by atoms with E-state index in [1.165, 1.54) is 0 Å². The van der Waals surface area contributed by atoms with Crippen LogP contribution in [0, 0.1) is 5.92 Å². The van der Waals surface area contributed by atoms with E-state index in [0.29, 0.717) is 5.92 Å². The van der Waals surface area contributed by atoms with Gasteiger partial charge in [0.15, 0.2) is 0 Å². The quantitative estimate of drug-likeness (QED) is 0.704. The van der Waals surface area contributed by atoms with Gasteiger partial charge in [-0.1, -0.05) is 6.08 Å². The molecule has 1 aliphatic rings. The summed E-state index contributed by atoms with van der Waals surface area (Å²) in [5.41, 5.74) is 0. The molecule has 0 bridgehead atoms. The molecule has 0 aromatic heterocycles. The van der Waals surface area contributed by atoms with Gasteiger partial charge in [-0.3, -0.25) is 4.79 Å². The van der Waals surface area contributed by atoms with Gasteiger partial charge in [-0.25, -0.2) is 4.79 Å². The van der Waals surface area contributed by atoms with Gasteiger partial charge in [-0.05, 0) is 18.8 Å². The zero-order valence-electron chi connectivity index (χ0n) is 9.32. The van der Waals surface area contributed by atoms with E-state index < -0.39 is 5.97 Å². The molecule has 1 rings (SSSR count). The van der Waals surface area contributed by atoms with Crippen molar-refractivity contribution in [1.82, 2.24) is 10.2 Å². The van der Waals surface area contributed by atoms with Crippen LogP contribution in [0.4, 0.5) is 4.79 Å². The Labute approximate surface area is 95.1 Å². The summed E-state index contributed by atoms with van der Waals surface area (Å²) in [4.78, 5) is 23.6. The van der Waals surface area contributed by atoms with Gasteiger partial charge in [-0.2, -0.15) is 0 Å². The molecule has 0 aliphatic carbocycles. The van der Waals surface area contributed by atoms with Crippen LogP contribution in [-0.2, 0) is 4.79 Å². The Morgan fingerprint density at radius 1 is 1.44 bits per heavy atom. The van der Waals surface area contributed by atoms with Crippen LogP contribution in [0.15, 0.2) is 12.7 Å². The SMILES string of the molecule is C=CC1CCN(C(=O)NCCC(=O)O)CC1. The van der Waals surface area contributed by atoms with Crippen LogP contribution in [0.25, 0.3) is 0 Å². The van der Waals surface area contributed by atoms with E-state index in [4.69, 9.17) is 5.11 Å². The number of nitrogens with zero attached hydrogens (tertiary/aromatic N) is 1. The molecule has 0 radical (unpaired) electrons. The summed E-state index contributed by atoms with van der Waals surface area (Å²) in [6, 6.07) is -0.163. The van der Waals surface area contributed by atoms with Crippen LogP contribution < -0.4 is 5.32 Å². The topological polar surface area (TPSA) is 69.6 Å². The minimum atomic E-state index is -0.898. The smallest absolute Gasteiger partial charge is 0.317 e. The normalized spacial score (nSPS) is 16.9. The van der Waals surface area contributed by atoms with Crippen molar-refractivity contribution in [3.05, 3.63) is 12.7 Å². The maximum Gasteiger partial charge on any atom is 0.317 e.